The van der Waals surface area contributed by atoms with Gasteiger partial charge in [0.05, 0.1) is 6.61 Å². The summed E-state index contributed by atoms with van der Waals surface area (Å²) >= 11 is 0. The van der Waals surface area contributed by atoms with E-state index in [4.69, 9.17) is 0 Å². The maximum Gasteiger partial charge on any atom is 0.0597 e. The Labute approximate surface area is 128 Å². The number of nitrogens with zero attached hydrogens (tertiary/aromatic N) is 2. The van der Waals surface area contributed by atoms with Gasteiger partial charge in [0, 0.05) is 38.3 Å². The van der Waals surface area contributed by atoms with E-state index in [1.807, 2.05) is 0 Å². The van der Waals surface area contributed by atoms with Crippen molar-refractivity contribution >= 4 is 0 Å². The molecule has 2 atom stereocenters. The second-order valence-electron chi connectivity index (χ2n) is 6.02. The van der Waals surface area contributed by atoms with Crippen LogP contribution in [0.1, 0.15) is 24.9 Å². The standard InChI is InChI=1S/C17H29N3O/c1-3-9-18-16(14-21)12-20-11-10-19(2)13-17(20)15-7-5-4-6-8-15/h4-8,16-18,21H,3,9-14H2,1-2H3. The van der Waals surface area contributed by atoms with Gasteiger partial charge in [-0.15, -0.1) is 0 Å². The van der Waals surface area contributed by atoms with Gasteiger partial charge in [0.1, 0.15) is 0 Å². The fourth-order valence-corrected chi connectivity index (χ4v) is 2.99. The van der Waals surface area contributed by atoms with Gasteiger partial charge in [0.25, 0.3) is 0 Å². The lowest BCUT2D eigenvalue weighted by molar-refractivity contribution is 0.0711. The Morgan fingerprint density at radius 2 is 2.05 bits per heavy atom. The normalized spacial score (nSPS) is 22.3. The minimum absolute atomic E-state index is 0.166. The summed E-state index contributed by atoms with van der Waals surface area (Å²) < 4.78 is 0. The van der Waals surface area contributed by atoms with Crippen LogP contribution in [-0.4, -0.2) is 67.3 Å². The largest absolute Gasteiger partial charge is 0.395 e. The Morgan fingerprint density at radius 3 is 2.71 bits per heavy atom. The van der Waals surface area contributed by atoms with E-state index in [1.165, 1.54) is 5.56 Å². The van der Waals surface area contributed by atoms with Gasteiger partial charge in [-0.05, 0) is 25.6 Å². The van der Waals surface area contributed by atoms with E-state index in [-0.39, 0.29) is 12.6 Å². The molecule has 0 amide bonds. The molecule has 4 heteroatoms. The summed E-state index contributed by atoms with van der Waals surface area (Å²) in [5.41, 5.74) is 1.37. The highest BCUT2D eigenvalue weighted by Crippen LogP contribution is 2.24. The van der Waals surface area contributed by atoms with Crippen molar-refractivity contribution in [2.75, 3.05) is 46.4 Å². The van der Waals surface area contributed by atoms with Gasteiger partial charge in [0.2, 0.25) is 0 Å². The minimum Gasteiger partial charge on any atom is -0.395 e. The lowest BCUT2D eigenvalue weighted by Crippen LogP contribution is -2.52. The van der Waals surface area contributed by atoms with Gasteiger partial charge in [-0.1, -0.05) is 37.3 Å². The number of rotatable bonds is 7. The molecular formula is C17H29N3O. The molecule has 0 aromatic heterocycles. The lowest BCUT2D eigenvalue weighted by atomic mass is 10.0. The van der Waals surface area contributed by atoms with Gasteiger partial charge < -0.3 is 15.3 Å². The number of hydrogen-bond donors (Lipinski definition) is 2. The topological polar surface area (TPSA) is 38.7 Å². The number of aliphatic hydroxyl groups is 1. The van der Waals surface area contributed by atoms with Crippen molar-refractivity contribution in [1.29, 1.82) is 0 Å². The smallest absolute Gasteiger partial charge is 0.0597 e. The zero-order valence-electron chi connectivity index (χ0n) is 13.3. The van der Waals surface area contributed by atoms with Crippen LogP contribution >= 0.6 is 0 Å². The Kier molecular flexibility index (Phi) is 6.64. The van der Waals surface area contributed by atoms with E-state index in [9.17, 15) is 5.11 Å². The molecule has 4 nitrogen and oxygen atoms in total. The predicted molar refractivity (Wildman–Crippen MR) is 87.4 cm³/mol. The molecule has 2 rings (SSSR count). The molecule has 0 bridgehead atoms. The minimum atomic E-state index is 0.166. The maximum atomic E-state index is 9.59. The third-order valence-corrected chi connectivity index (χ3v) is 4.24. The van der Waals surface area contributed by atoms with Crippen LogP contribution in [0, 0.1) is 0 Å². The number of hydrogen-bond acceptors (Lipinski definition) is 4. The number of benzene rings is 1. The molecule has 1 heterocycles. The zero-order valence-corrected chi connectivity index (χ0v) is 13.3. The fraction of sp³-hybridized carbons (Fsp3) is 0.647. The van der Waals surface area contributed by atoms with Gasteiger partial charge in [0.15, 0.2) is 0 Å². The van der Waals surface area contributed by atoms with Crippen molar-refractivity contribution < 1.29 is 5.11 Å². The van der Waals surface area contributed by atoms with Crippen molar-refractivity contribution in [3.8, 4) is 0 Å². The summed E-state index contributed by atoms with van der Waals surface area (Å²) in [6.07, 6.45) is 1.10. The Balaban J connectivity index is 2.04. The third-order valence-electron chi connectivity index (χ3n) is 4.24. The van der Waals surface area contributed by atoms with Gasteiger partial charge in [-0.25, -0.2) is 0 Å². The van der Waals surface area contributed by atoms with Crippen LogP contribution in [0.3, 0.4) is 0 Å². The number of likely N-dealkylation sites (N-methyl/N-ethyl adjacent to an activating group) is 1. The molecule has 0 radical (unpaired) electrons. The number of aliphatic hydroxyl groups excluding tert-OH is 1. The zero-order chi connectivity index (χ0) is 15.1. The van der Waals surface area contributed by atoms with E-state index >= 15 is 0 Å². The van der Waals surface area contributed by atoms with Crippen LogP contribution in [0.25, 0.3) is 0 Å². The van der Waals surface area contributed by atoms with Crippen LogP contribution in [0.15, 0.2) is 30.3 Å². The van der Waals surface area contributed by atoms with E-state index < -0.39 is 0 Å². The summed E-state index contributed by atoms with van der Waals surface area (Å²) in [7, 11) is 2.19. The van der Waals surface area contributed by atoms with Crippen molar-refractivity contribution in [1.82, 2.24) is 15.1 Å². The highest BCUT2D eigenvalue weighted by atomic mass is 16.3. The summed E-state index contributed by atoms with van der Waals surface area (Å²) in [5, 5.41) is 13.0. The second kappa shape index (κ2) is 8.49. The molecule has 118 valence electrons. The summed E-state index contributed by atoms with van der Waals surface area (Å²) in [6, 6.07) is 11.3. The van der Waals surface area contributed by atoms with Crippen molar-refractivity contribution in [2.45, 2.75) is 25.4 Å². The second-order valence-corrected chi connectivity index (χ2v) is 6.02. The molecule has 2 N–H and O–H groups in total. The van der Waals surface area contributed by atoms with Crippen molar-refractivity contribution in [2.24, 2.45) is 0 Å². The average Bonchev–Trinajstić information content (AvgIpc) is 2.53. The molecule has 1 aromatic carbocycles. The first-order valence-electron chi connectivity index (χ1n) is 8.06. The molecule has 1 saturated heterocycles. The van der Waals surface area contributed by atoms with E-state index in [0.717, 1.165) is 39.1 Å². The van der Waals surface area contributed by atoms with E-state index in [1.54, 1.807) is 0 Å². The Bertz CT molecular complexity index is 398. The van der Waals surface area contributed by atoms with Crippen LogP contribution < -0.4 is 5.32 Å². The van der Waals surface area contributed by atoms with Crippen LogP contribution in [0.5, 0.6) is 0 Å². The first kappa shape index (κ1) is 16.4. The molecule has 1 aromatic rings. The maximum absolute atomic E-state index is 9.59. The molecule has 0 aliphatic carbocycles. The number of piperazine rings is 1. The highest BCUT2D eigenvalue weighted by molar-refractivity contribution is 5.20. The summed E-state index contributed by atoms with van der Waals surface area (Å²) in [4.78, 5) is 4.90. The third kappa shape index (κ3) is 4.78. The molecule has 0 saturated carbocycles. The van der Waals surface area contributed by atoms with Gasteiger partial charge in [-0.2, -0.15) is 0 Å². The molecule has 1 aliphatic heterocycles. The lowest BCUT2D eigenvalue weighted by Gasteiger charge is -2.41. The predicted octanol–water partition coefficient (Wildman–Crippen LogP) is 1.34. The summed E-state index contributed by atoms with van der Waals surface area (Å²) in [6.45, 7) is 7.43. The first-order valence-corrected chi connectivity index (χ1v) is 8.06. The van der Waals surface area contributed by atoms with Crippen LogP contribution in [0.2, 0.25) is 0 Å². The first-order chi connectivity index (χ1) is 10.2. The fourth-order valence-electron chi connectivity index (χ4n) is 2.99. The Morgan fingerprint density at radius 1 is 1.29 bits per heavy atom. The Hall–Kier alpha value is -0.940. The van der Waals surface area contributed by atoms with E-state index in [0.29, 0.717) is 6.04 Å². The molecule has 21 heavy (non-hydrogen) atoms. The van der Waals surface area contributed by atoms with Gasteiger partial charge in [-0.3, -0.25) is 4.90 Å². The van der Waals surface area contributed by atoms with E-state index in [2.05, 4.69) is 59.4 Å². The average molecular weight is 291 g/mol. The molecule has 1 fully saturated rings. The quantitative estimate of drug-likeness (QED) is 0.795. The van der Waals surface area contributed by atoms with Crippen molar-refractivity contribution in [3.05, 3.63) is 35.9 Å². The molecule has 2 unspecified atom stereocenters. The summed E-state index contributed by atoms with van der Waals surface area (Å²) in [5.74, 6) is 0. The van der Waals surface area contributed by atoms with Crippen molar-refractivity contribution in [3.63, 3.8) is 0 Å². The van der Waals surface area contributed by atoms with Crippen LogP contribution in [0.4, 0.5) is 0 Å². The molecule has 1 aliphatic rings. The monoisotopic (exact) mass is 291 g/mol. The van der Waals surface area contributed by atoms with Gasteiger partial charge >= 0.3 is 0 Å². The SMILES string of the molecule is CCCNC(CO)CN1CCN(C)CC1c1ccccc1. The molecular weight excluding hydrogens is 262 g/mol. The molecule has 0 spiro atoms. The number of nitrogens with one attached hydrogen (secondary N) is 1. The van der Waals surface area contributed by atoms with Crippen LogP contribution in [-0.2, 0) is 0 Å². The highest BCUT2D eigenvalue weighted by Gasteiger charge is 2.28.